The number of hydrogen-bond acceptors (Lipinski definition) is 4. The topological polar surface area (TPSA) is 79.0 Å². The van der Waals surface area contributed by atoms with Crippen molar-refractivity contribution >= 4 is 17.9 Å². The highest BCUT2D eigenvalue weighted by Gasteiger charge is 2.37. The van der Waals surface area contributed by atoms with Crippen LogP contribution in [0.15, 0.2) is 0 Å². The minimum absolute atomic E-state index is 0.0114. The van der Waals surface area contributed by atoms with Gasteiger partial charge in [0.1, 0.15) is 11.6 Å². The Bertz CT molecular complexity index is 578. The second-order valence-electron chi connectivity index (χ2n) is 9.15. The van der Waals surface area contributed by atoms with Crippen LogP contribution in [0.3, 0.4) is 0 Å². The van der Waals surface area contributed by atoms with Crippen LogP contribution >= 0.6 is 0 Å². The fourth-order valence-electron chi connectivity index (χ4n) is 4.47. The van der Waals surface area contributed by atoms with Crippen LogP contribution in [0.1, 0.15) is 59.3 Å². The molecule has 0 aromatic carbocycles. The first-order valence-electron chi connectivity index (χ1n) is 10.3. The Hall–Kier alpha value is -1.79. The number of ether oxygens (including phenoxy) is 1. The number of likely N-dealkylation sites (tertiary alicyclic amines) is 2. The molecule has 0 aromatic rings. The Labute approximate surface area is 161 Å². The predicted octanol–water partition coefficient (Wildman–Crippen LogP) is 2.15. The van der Waals surface area contributed by atoms with Gasteiger partial charge in [-0.15, -0.1) is 0 Å². The van der Waals surface area contributed by atoms with Crippen LogP contribution in [0, 0.1) is 11.8 Å². The van der Waals surface area contributed by atoms with Crippen LogP contribution in [0.2, 0.25) is 0 Å². The van der Waals surface area contributed by atoms with Crippen molar-refractivity contribution in [3.05, 3.63) is 0 Å². The largest absolute Gasteiger partial charge is 0.444 e. The molecule has 27 heavy (non-hydrogen) atoms. The summed E-state index contributed by atoms with van der Waals surface area (Å²) in [4.78, 5) is 40.2. The number of nitrogens with one attached hydrogen (secondary N) is 1. The third-order valence-electron chi connectivity index (χ3n) is 5.92. The first-order chi connectivity index (χ1) is 12.7. The summed E-state index contributed by atoms with van der Waals surface area (Å²) in [7, 11) is 0. The molecule has 152 valence electrons. The molecule has 3 rings (SSSR count). The molecule has 7 heteroatoms. The van der Waals surface area contributed by atoms with Crippen LogP contribution in [-0.4, -0.2) is 65.5 Å². The molecule has 0 bridgehead atoms. The van der Waals surface area contributed by atoms with Gasteiger partial charge in [0.2, 0.25) is 11.8 Å². The van der Waals surface area contributed by atoms with Crippen molar-refractivity contribution in [1.82, 2.24) is 15.1 Å². The molecule has 7 nitrogen and oxygen atoms in total. The van der Waals surface area contributed by atoms with E-state index in [2.05, 4.69) is 5.32 Å². The minimum atomic E-state index is -0.463. The van der Waals surface area contributed by atoms with E-state index >= 15 is 0 Å². The first-order valence-corrected chi connectivity index (χ1v) is 10.3. The number of rotatable bonds is 2. The van der Waals surface area contributed by atoms with E-state index in [0.717, 1.165) is 58.3 Å². The Balaban J connectivity index is 1.45. The lowest BCUT2D eigenvalue weighted by atomic mass is 9.83. The van der Waals surface area contributed by atoms with E-state index in [1.54, 1.807) is 0 Å². The van der Waals surface area contributed by atoms with Crippen LogP contribution < -0.4 is 5.32 Å². The van der Waals surface area contributed by atoms with E-state index in [1.165, 1.54) is 0 Å². The van der Waals surface area contributed by atoms with E-state index in [-0.39, 0.29) is 23.9 Å². The van der Waals surface area contributed by atoms with Gasteiger partial charge >= 0.3 is 6.09 Å². The maximum Gasteiger partial charge on any atom is 0.410 e. The molecule has 0 saturated carbocycles. The van der Waals surface area contributed by atoms with Gasteiger partial charge in [0, 0.05) is 32.6 Å². The van der Waals surface area contributed by atoms with Crippen LogP contribution in [-0.2, 0) is 14.3 Å². The monoisotopic (exact) mass is 379 g/mol. The highest BCUT2D eigenvalue weighted by molar-refractivity contribution is 5.88. The lowest BCUT2D eigenvalue weighted by Gasteiger charge is -2.37. The van der Waals surface area contributed by atoms with Crippen molar-refractivity contribution < 1.29 is 19.1 Å². The standard InChI is InChI=1S/C20H33N3O4/c1-20(2,3)27-19(26)23-12-9-15(13-23)14-7-10-22(11-8-14)18(25)16-5-4-6-17(24)21-16/h14-16H,4-13H2,1-3H3,(H,21,24)/t15-,16-/m1/s1. The summed E-state index contributed by atoms with van der Waals surface area (Å²) in [5.41, 5.74) is -0.463. The van der Waals surface area contributed by atoms with Crippen molar-refractivity contribution in [3.8, 4) is 0 Å². The summed E-state index contributed by atoms with van der Waals surface area (Å²) in [5, 5.41) is 2.83. The molecule has 0 unspecified atom stereocenters. The Kier molecular flexibility index (Phi) is 5.96. The lowest BCUT2D eigenvalue weighted by Crippen LogP contribution is -2.52. The van der Waals surface area contributed by atoms with E-state index in [0.29, 0.717) is 18.3 Å². The quantitative estimate of drug-likeness (QED) is 0.797. The Morgan fingerprint density at radius 1 is 1.00 bits per heavy atom. The lowest BCUT2D eigenvalue weighted by molar-refractivity contribution is -0.139. The molecule has 0 aliphatic carbocycles. The zero-order chi connectivity index (χ0) is 19.6. The zero-order valence-electron chi connectivity index (χ0n) is 16.8. The molecule has 3 heterocycles. The summed E-state index contributed by atoms with van der Waals surface area (Å²) in [6.07, 6.45) is 4.81. The molecular formula is C20H33N3O4. The average Bonchev–Trinajstić information content (AvgIpc) is 3.10. The number of carbonyl (C=O) groups excluding carboxylic acids is 3. The highest BCUT2D eigenvalue weighted by atomic mass is 16.6. The minimum Gasteiger partial charge on any atom is -0.444 e. The van der Waals surface area contributed by atoms with Crippen molar-refractivity contribution in [2.45, 2.75) is 70.9 Å². The molecule has 3 fully saturated rings. The summed E-state index contributed by atoms with van der Waals surface area (Å²) in [6.45, 7) is 8.68. The van der Waals surface area contributed by atoms with Gasteiger partial charge in [0.05, 0.1) is 0 Å². The molecule has 3 saturated heterocycles. The van der Waals surface area contributed by atoms with Crippen LogP contribution in [0.5, 0.6) is 0 Å². The van der Waals surface area contributed by atoms with Crippen molar-refractivity contribution in [1.29, 1.82) is 0 Å². The van der Waals surface area contributed by atoms with Gasteiger partial charge in [-0.25, -0.2) is 4.79 Å². The number of hydrogen-bond donors (Lipinski definition) is 1. The zero-order valence-corrected chi connectivity index (χ0v) is 16.8. The predicted molar refractivity (Wildman–Crippen MR) is 101 cm³/mol. The van der Waals surface area contributed by atoms with Gasteiger partial charge in [-0.3, -0.25) is 9.59 Å². The SMILES string of the molecule is CC(C)(C)OC(=O)N1CC[C@@H](C2CCN(C(=O)[C@H]3CCCC(=O)N3)CC2)C1. The second-order valence-corrected chi connectivity index (χ2v) is 9.15. The molecular weight excluding hydrogens is 346 g/mol. The van der Waals surface area contributed by atoms with Gasteiger partial charge in [-0.05, 0) is 64.7 Å². The van der Waals surface area contributed by atoms with E-state index in [1.807, 2.05) is 30.6 Å². The number of amides is 3. The van der Waals surface area contributed by atoms with Crippen LogP contribution in [0.4, 0.5) is 4.79 Å². The first kappa shape index (κ1) is 20.0. The highest BCUT2D eigenvalue weighted by Crippen LogP contribution is 2.32. The smallest absolute Gasteiger partial charge is 0.410 e. The van der Waals surface area contributed by atoms with Gasteiger partial charge in [-0.1, -0.05) is 0 Å². The third kappa shape index (κ3) is 5.14. The number of carbonyl (C=O) groups is 3. The normalized spacial score (nSPS) is 27.4. The van der Waals surface area contributed by atoms with E-state index < -0.39 is 5.60 Å². The Morgan fingerprint density at radius 3 is 2.26 bits per heavy atom. The summed E-state index contributed by atoms with van der Waals surface area (Å²) in [5.74, 6) is 1.09. The molecule has 3 amide bonds. The van der Waals surface area contributed by atoms with Crippen LogP contribution in [0.25, 0.3) is 0 Å². The van der Waals surface area contributed by atoms with E-state index in [9.17, 15) is 14.4 Å². The van der Waals surface area contributed by atoms with Gasteiger partial charge < -0.3 is 19.9 Å². The fraction of sp³-hybridized carbons (Fsp3) is 0.850. The molecule has 0 aromatic heterocycles. The van der Waals surface area contributed by atoms with Gasteiger partial charge in [0.25, 0.3) is 0 Å². The molecule has 2 atom stereocenters. The van der Waals surface area contributed by atoms with Gasteiger partial charge in [-0.2, -0.15) is 0 Å². The molecule has 3 aliphatic rings. The second kappa shape index (κ2) is 8.07. The summed E-state index contributed by atoms with van der Waals surface area (Å²) >= 11 is 0. The number of nitrogens with zero attached hydrogens (tertiary/aromatic N) is 2. The molecule has 3 aliphatic heterocycles. The molecule has 0 spiro atoms. The van der Waals surface area contributed by atoms with Gasteiger partial charge in [0.15, 0.2) is 0 Å². The number of piperidine rings is 2. The Morgan fingerprint density at radius 2 is 1.63 bits per heavy atom. The van der Waals surface area contributed by atoms with Crippen molar-refractivity contribution in [2.75, 3.05) is 26.2 Å². The van der Waals surface area contributed by atoms with E-state index in [4.69, 9.17) is 4.74 Å². The summed E-state index contributed by atoms with van der Waals surface area (Å²) < 4.78 is 5.48. The van der Waals surface area contributed by atoms with Crippen molar-refractivity contribution in [3.63, 3.8) is 0 Å². The third-order valence-corrected chi connectivity index (χ3v) is 5.92. The maximum absolute atomic E-state index is 12.6. The molecule has 1 N–H and O–H groups in total. The van der Waals surface area contributed by atoms with Crippen molar-refractivity contribution in [2.24, 2.45) is 11.8 Å². The molecule has 0 radical (unpaired) electrons. The average molecular weight is 380 g/mol. The maximum atomic E-state index is 12.6. The summed E-state index contributed by atoms with van der Waals surface area (Å²) in [6, 6.07) is -0.336. The fourth-order valence-corrected chi connectivity index (χ4v) is 4.47.